The molecule has 1 aromatic carbocycles. The fourth-order valence-corrected chi connectivity index (χ4v) is 4.53. The fourth-order valence-electron chi connectivity index (χ4n) is 4.53. The van der Waals surface area contributed by atoms with Crippen LogP contribution in [0.4, 0.5) is 0 Å². The monoisotopic (exact) mass is 513 g/mol. The summed E-state index contributed by atoms with van der Waals surface area (Å²) < 4.78 is 11.1. The Kier molecular flexibility index (Phi) is 13.7. The number of hydrogen-bond donors (Lipinski definition) is 0. The number of rotatable bonds is 18. The van der Waals surface area contributed by atoms with Crippen molar-refractivity contribution < 1.29 is 28.7 Å². The lowest BCUT2D eigenvalue weighted by Crippen LogP contribution is -2.18. The Bertz CT molecular complexity index is 979. The van der Waals surface area contributed by atoms with E-state index in [-0.39, 0.29) is 40.2 Å². The number of ketones is 2. The minimum Gasteiger partial charge on any atom is -0.496 e. The molecule has 1 aliphatic rings. The maximum atomic E-state index is 12.8. The second-order valence-electron chi connectivity index (χ2n) is 9.51. The predicted octanol–water partition coefficient (Wildman–Crippen LogP) is 7.39. The molecule has 0 aliphatic heterocycles. The molecule has 0 N–H and O–H groups in total. The van der Waals surface area contributed by atoms with Crippen molar-refractivity contribution in [3.63, 3.8) is 0 Å². The summed E-state index contributed by atoms with van der Waals surface area (Å²) in [7, 11) is 2.90. The molecule has 0 saturated carbocycles. The van der Waals surface area contributed by atoms with Crippen LogP contribution < -0.4 is 9.47 Å². The van der Waals surface area contributed by atoms with Crippen molar-refractivity contribution in [2.24, 2.45) is 5.16 Å². The Morgan fingerprint density at radius 1 is 0.730 bits per heavy atom. The topological polar surface area (TPSA) is 91.3 Å². The fraction of sp³-hybridized carbons (Fsp3) is 0.600. The average molecular weight is 514 g/mol. The summed E-state index contributed by atoms with van der Waals surface area (Å²) in [6.07, 6.45) is 16.3. The molecule has 0 heterocycles. The summed E-state index contributed by atoms with van der Waals surface area (Å²) >= 11 is 0. The zero-order valence-corrected chi connectivity index (χ0v) is 23.0. The summed E-state index contributed by atoms with van der Waals surface area (Å²) in [5.74, 6) is -0.536. The van der Waals surface area contributed by atoms with Gasteiger partial charge in [-0.15, -0.1) is 0 Å². The molecule has 7 nitrogen and oxygen atoms in total. The molecule has 0 atom stereocenters. The first-order valence-corrected chi connectivity index (χ1v) is 13.8. The third kappa shape index (κ3) is 9.13. The van der Waals surface area contributed by atoms with Crippen molar-refractivity contribution in [1.29, 1.82) is 0 Å². The summed E-state index contributed by atoms with van der Waals surface area (Å²) in [5.41, 5.74) is 1.32. The van der Waals surface area contributed by atoms with E-state index in [9.17, 15) is 14.4 Å². The first-order valence-electron chi connectivity index (χ1n) is 13.8. The molecule has 7 heteroatoms. The zero-order valence-electron chi connectivity index (χ0n) is 23.0. The minimum absolute atomic E-state index is 0.150. The molecule has 1 aliphatic carbocycles. The van der Waals surface area contributed by atoms with Crippen LogP contribution in [0.1, 0.15) is 130 Å². The van der Waals surface area contributed by atoms with Crippen LogP contribution in [0.25, 0.3) is 0 Å². The first-order chi connectivity index (χ1) is 18.0. The minimum atomic E-state index is -0.380. The average Bonchev–Trinajstić information content (AvgIpc) is 2.90. The zero-order chi connectivity index (χ0) is 27.0. The largest absolute Gasteiger partial charge is 0.496 e. The van der Waals surface area contributed by atoms with Crippen LogP contribution in [0.3, 0.4) is 0 Å². The van der Waals surface area contributed by atoms with Crippen LogP contribution in [0, 0.1) is 0 Å². The number of nitrogens with zero attached hydrogens (tertiary/aromatic N) is 1. The van der Waals surface area contributed by atoms with Gasteiger partial charge >= 0.3 is 5.97 Å². The highest BCUT2D eigenvalue weighted by Crippen LogP contribution is 2.38. The van der Waals surface area contributed by atoms with Crippen LogP contribution in [-0.4, -0.2) is 37.5 Å². The molecule has 0 fully saturated rings. The maximum Gasteiger partial charge on any atom is 0.335 e. The van der Waals surface area contributed by atoms with E-state index in [1.54, 1.807) is 6.07 Å². The van der Waals surface area contributed by atoms with E-state index >= 15 is 0 Å². The highest BCUT2D eigenvalue weighted by molar-refractivity contribution is 6.25. The summed E-state index contributed by atoms with van der Waals surface area (Å²) in [6.45, 7) is 4.36. The van der Waals surface area contributed by atoms with Gasteiger partial charge in [0.1, 0.15) is 11.5 Å². The standard InChI is InChI=1S/C30H43NO6/c1-5-7-9-11-12-14-16-18-27(34)37-31-23(17-15-13-10-8-6-2)22-21-26(35-3)28-24(32)19-20-25(33)29(28)30(22)36-4/h19-21H,5-18H2,1-4H3. The second kappa shape index (κ2) is 16.7. The molecule has 0 unspecified atom stereocenters. The Morgan fingerprint density at radius 3 is 1.84 bits per heavy atom. The van der Waals surface area contributed by atoms with E-state index in [4.69, 9.17) is 14.3 Å². The number of fused-ring (bicyclic) bond motifs is 1. The van der Waals surface area contributed by atoms with Gasteiger partial charge in [-0.1, -0.05) is 83.2 Å². The van der Waals surface area contributed by atoms with Gasteiger partial charge in [0.25, 0.3) is 0 Å². The molecule has 0 bridgehead atoms. The van der Waals surface area contributed by atoms with Crippen molar-refractivity contribution in [2.45, 2.75) is 104 Å². The van der Waals surface area contributed by atoms with Gasteiger partial charge in [-0.2, -0.15) is 0 Å². The molecular formula is C30H43NO6. The number of allylic oxidation sites excluding steroid dienone is 2. The molecule has 0 radical (unpaired) electrons. The number of ether oxygens (including phenoxy) is 2. The van der Waals surface area contributed by atoms with Crippen molar-refractivity contribution in [2.75, 3.05) is 14.2 Å². The quantitative estimate of drug-likeness (QED) is 0.0880. The van der Waals surface area contributed by atoms with Gasteiger partial charge in [-0.3, -0.25) is 9.59 Å². The summed E-state index contributed by atoms with van der Waals surface area (Å²) in [6, 6.07) is 1.65. The van der Waals surface area contributed by atoms with Crippen LogP contribution in [-0.2, 0) is 9.63 Å². The highest BCUT2D eigenvalue weighted by atomic mass is 16.7. The number of oxime groups is 1. The lowest BCUT2D eigenvalue weighted by atomic mass is 9.88. The van der Waals surface area contributed by atoms with E-state index in [1.165, 1.54) is 52.1 Å². The van der Waals surface area contributed by atoms with Gasteiger partial charge in [0.2, 0.25) is 0 Å². The Morgan fingerprint density at radius 2 is 1.27 bits per heavy atom. The first kappa shape index (κ1) is 30.3. The lowest BCUT2D eigenvalue weighted by Gasteiger charge is -2.20. The van der Waals surface area contributed by atoms with Crippen LogP contribution in [0.5, 0.6) is 11.5 Å². The van der Waals surface area contributed by atoms with E-state index < -0.39 is 0 Å². The van der Waals surface area contributed by atoms with Gasteiger partial charge in [0.05, 0.1) is 31.1 Å². The van der Waals surface area contributed by atoms with E-state index in [1.807, 2.05) is 0 Å². The van der Waals surface area contributed by atoms with Crippen molar-refractivity contribution in [1.82, 2.24) is 0 Å². The molecule has 0 spiro atoms. The number of methoxy groups -OCH3 is 2. The number of carbonyl (C=O) groups is 3. The second-order valence-corrected chi connectivity index (χ2v) is 9.51. The Balaban J connectivity index is 2.25. The van der Waals surface area contributed by atoms with Crippen LogP contribution in [0.2, 0.25) is 0 Å². The summed E-state index contributed by atoms with van der Waals surface area (Å²) in [5, 5.41) is 4.25. The molecule has 1 aromatic rings. The number of benzene rings is 1. The Labute approximate surface area is 221 Å². The molecule has 204 valence electrons. The van der Waals surface area contributed by atoms with E-state index in [0.29, 0.717) is 24.1 Å². The van der Waals surface area contributed by atoms with Gasteiger partial charge in [-0.05, 0) is 37.5 Å². The predicted molar refractivity (Wildman–Crippen MR) is 146 cm³/mol. The molecule has 0 aromatic heterocycles. The molecule has 0 saturated heterocycles. The number of carbonyl (C=O) groups excluding carboxylic acids is 3. The highest BCUT2D eigenvalue weighted by Gasteiger charge is 2.31. The van der Waals surface area contributed by atoms with Crippen molar-refractivity contribution >= 4 is 23.2 Å². The summed E-state index contributed by atoms with van der Waals surface area (Å²) in [4.78, 5) is 43.1. The smallest absolute Gasteiger partial charge is 0.335 e. The van der Waals surface area contributed by atoms with Crippen molar-refractivity contribution in [3.05, 3.63) is 34.9 Å². The number of unbranched alkanes of at least 4 members (excludes halogenated alkanes) is 10. The maximum absolute atomic E-state index is 12.8. The third-order valence-electron chi connectivity index (χ3n) is 6.62. The van der Waals surface area contributed by atoms with Crippen molar-refractivity contribution in [3.8, 4) is 11.5 Å². The van der Waals surface area contributed by atoms with E-state index in [2.05, 4.69) is 19.0 Å². The van der Waals surface area contributed by atoms with Gasteiger partial charge < -0.3 is 14.3 Å². The number of hydrogen-bond acceptors (Lipinski definition) is 7. The molecule has 0 amide bonds. The lowest BCUT2D eigenvalue weighted by molar-refractivity contribution is -0.143. The van der Waals surface area contributed by atoms with Gasteiger partial charge in [0, 0.05) is 12.0 Å². The van der Waals surface area contributed by atoms with E-state index in [0.717, 1.165) is 51.4 Å². The molecule has 37 heavy (non-hydrogen) atoms. The van der Waals surface area contributed by atoms with Crippen LogP contribution in [0.15, 0.2) is 23.4 Å². The molecular weight excluding hydrogens is 470 g/mol. The third-order valence-corrected chi connectivity index (χ3v) is 6.62. The van der Waals surface area contributed by atoms with Crippen LogP contribution >= 0.6 is 0 Å². The SMILES string of the molecule is CCCCCCCCCC(=O)ON=C(CCCCCCC)c1cc(OC)c2c(c1OC)C(=O)C=CC2=O. The van der Waals surface area contributed by atoms with Gasteiger partial charge in [-0.25, -0.2) is 4.79 Å². The normalized spacial score (nSPS) is 13.0. The Hall–Kier alpha value is -2.96. The van der Waals surface area contributed by atoms with Gasteiger partial charge in [0.15, 0.2) is 11.6 Å². The molecule has 2 rings (SSSR count).